The van der Waals surface area contributed by atoms with Gasteiger partial charge in [0.2, 0.25) is 0 Å². The standard InChI is InChI=1S/C17H34N2/c1-14(2)18-13-15(3)16(4)19-11-9-17(10-12-19)7-5-6-8-17/h14-16,18H,5-13H2,1-4H3. The molecule has 1 aliphatic heterocycles. The maximum Gasteiger partial charge on any atom is 0.0105 e. The van der Waals surface area contributed by atoms with Crippen molar-refractivity contribution < 1.29 is 0 Å². The zero-order chi connectivity index (χ0) is 13.9. The monoisotopic (exact) mass is 266 g/mol. The number of likely N-dealkylation sites (tertiary alicyclic amines) is 1. The van der Waals surface area contributed by atoms with Crippen LogP contribution in [0.15, 0.2) is 0 Å². The minimum absolute atomic E-state index is 0.609. The first kappa shape index (κ1) is 15.3. The van der Waals surface area contributed by atoms with E-state index in [1.54, 1.807) is 0 Å². The van der Waals surface area contributed by atoms with E-state index in [1.807, 2.05) is 0 Å². The van der Waals surface area contributed by atoms with Crippen LogP contribution in [0.5, 0.6) is 0 Å². The molecule has 2 fully saturated rings. The highest BCUT2D eigenvalue weighted by atomic mass is 15.2. The second kappa shape index (κ2) is 6.58. The second-order valence-electron chi connectivity index (χ2n) is 7.52. The molecule has 112 valence electrons. The normalized spacial score (nSPS) is 27.0. The second-order valence-corrected chi connectivity index (χ2v) is 7.52. The predicted molar refractivity (Wildman–Crippen MR) is 83.5 cm³/mol. The minimum Gasteiger partial charge on any atom is -0.314 e. The Morgan fingerprint density at radius 1 is 0.947 bits per heavy atom. The van der Waals surface area contributed by atoms with Crippen LogP contribution in [-0.4, -0.2) is 36.6 Å². The Morgan fingerprint density at radius 3 is 2.05 bits per heavy atom. The Bertz CT molecular complexity index is 258. The zero-order valence-electron chi connectivity index (χ0n) is 13.5. The molecule has 1 aliphatic carbocycles. The van der Waals surface area contributed by atoms with Gasteiger partial charge >= 0.3 is 0 Å². The number of rotatable bonds is 5. The summed E-state index contributed by atoms with van der Waals surface area (Å²) in [6.45, 7) is 13.1. The molecule has 0 bridgehead atoms. The molecular formula is C17H34N2. The summed E-state index contributed by atoms with van der Waals surface area (Å²) in [4.78, 5) is 2.75. The number of hydrogen-bond acceptors (Lipinski definition) is 2. The number of nitrogens with one attached hydrogen (secondary N) is 1. The van der Waals surface area contributed by atoms with E-state index in [9.17, 15) is 0 Å². The van der Waals surface area contributed by atoms with Crippen LogP contribution in [0.3, 0.4) is 0 Å². The molecule has 1 spiro atoms. The first-order valence-corrected chi connectivity index (χ1v) is 8.50. The van der Waals surface area contributed by atoms with Crippen LogP contribution < -0.4 is 5.32 Å². The summed E-state index contributed by atoms with van der Waals surface area (Å²) in [6, 6.07) is 1.34. The van der Waals surface area contributed by atoms with E-state index in [0.717, 1.165) is 23.9 Å². The van der Waals surface area contributed by atoms with Crippen molar-refractivity contribution in [3.63, 3.8) is 0 Å². The third kappa shape index (κ3) is 3.95. The molecule has 0 radical (unpaired) electrons. The van der Waals surface area contributed by atoms with Crippen molar-refractivity contribution in [2.75, 3.05) is 19.6 Å². The smallest absolute Gasteiger partial charge is 0.0105 e. The van der Waals surface area contributed by atoms with Crippen LogP contribution in [0.1, 0.15) is 66.2 Å². The van der Waals surface area contributed by atoms with E-state index in [0.29, 0.717) is 6.04 Å². The minimum atomic E-state index is 0.609. The van der Waals surface area contributed by atoms with Crippen molar-refractivity contribution in [2.45, 2.75) is 78.3 Å². The molecule has 0 aromatic carbocycles. The Labute approximate surface area is 120 Å². The molecule has 1 saturated heterocycles. The third-order valence-corrected chi connectivity index (χ3v) is 5.77. The van der Waals surface area contributed by atoms with Crippen molar-refractivity contribution in [1.82, 2.24) is 10.2 Å². The summed E-state index contributed by atoms with van der Waals surface area (Å²) in [6.07, 6.45) is 8.93. The molecule has 1 N–H and O–H groups in total. The van der Waals surface area contributed by atoms with Crippen LogP contribution in [0.4, 0.5) is 0 Å². The molecule has 0 aromatic rings. The van der Waals surface area contributed by atoms with Gasteiger partial charge in [-0.3, -0.25) is 0 Å². The molecule has 0 amide bonds. The quantitative estimate of drug-likeness (QED) is 0.817. The fraction of sp³-hybridized carbons (Fsp3) is 1.00. The lowest BCUT2D eigenvalue weighted by molar-refractivity contribution is 0.0623. The van der Waals surface area contributed by atoms with Gasteiger partial charge in [0.05, 0.1) is 0 Å². The Balaban J connectivity index is 1.76. The summed E-state index contributed by atoms with van der Waals surface area (Å²) in [5, 5.41) is 3.59. The van der Waals surface area contributed by atoms with E-state index >= 15 is 0 Å². The van der Waals surface area contributed by atoms with Crippen molar-refractivity contribution in [3.8, 4) is 0 Å². The van der Waals surface area contributed by atoms with Crippen molar-refractivity contribution >= 4 is 0 Å². The largest absolute Gasteiger partial charge is 0.314 e. The summed E-state index contributed by atoms with van der Waals surface area (Å²) in [7, 11) is 0. The maximum absolute atomic E-state index is 3.59. The lowest BCUT2D eigenvalue weighted by Gasteiger charge is -2.43. The van der Waals surface area contributed by atoms with E-state index in [-0.39, 0.29) is 0 Å². The highest BCUT2D eigenvalue weighted by Crippen LogP contribution is 2.46. The summed E-state index contributed by atoms with van der Waals surface area (Å²) < 4.78 is 0. The van der Waals surface area contributed by atoms with Crippen molar-refractivity contribution in [3.05, 3.63) is 0 Å². The SMILES string of the molecule is CC(C)NCC(C)C(C)N1CCC2(CCCC2)CC1. The van der Waals surface area contributed by atoms with E-state index in [1.165, 1.54) is 51.6 Å². The highest BCUT2D eigenvalue weighted by Gasteiger charge is 2.38. The zero-order valence-corrected chi connectivity index (χ0v) is 13.5. The van der Waals surface area contributed by atoms with Crippen molar-refractivity contribution in [2.24, 2.45) is 11.3 Å². The van der Waals surface area contributed by atoms with Gasteiger partial charge in [-0.05, 0) is 63.6 Å². The van der Waals surface area contributed by atoms with Gasteiger partial charge in [-0.2, -0.15) is 0 Å². The number of piperidine rings is 1. The molecule has 2 unspecified atom stereocenters. The average molecular weight is 266 g/mol. The van der Waals surface area contributed by atoms with Crippen LogP contribution >= 0.6 is 0 Å². The van der Waals surface area contributed by atoms with Gasteiger partial charge in [-0.1, -0.05) is 33.6 Å². The van der Waals surface area contributed by atoms with Gasteiger partial charge in [0.25, 0.3) is 0 Å². The molecule has 2 nitrogen and oxygen atoms in total. The number of hydrogen-bond donors (Lipinski definition) is 1. The van der Waals surface area contributed by atoms with Crippen LogP contribution in [0, 0.1) is 11.3 Å². The molecule has 2 rings (SSSR count). The molecule has 2 atom stereocenters. The predicted octanol–water partition coefficient (Wildman–Crippen LogP) is 3.67. The lowest BCUT2D eigenvalue weighted by Crippen LogP contribution is -2.47. The third-order valence-electron chi connectivity index (χ3n) is 5.77. The van der Waals surface area contributed by atoms with Gasteiger partial charge in [-0.25, -0.2) is 0 Å². The molecule has 2 aliphatic rings. The fourth-order valence-corrected chi connectivity index (χ4v) is 3.98. The number of nitrogens with zero attached hydrogens (tertiary/aromatic N) is 1. The summed E-state index contributed by atoms with van der Waals surface area (Å²) in [5.74, 6) is 0.750. The average Bonchev–Trinajstić information content (AvgIpc) is 2.84. The molecule has 1 saturated carbocycles. The lowest BCUT2D eigenvalue weighted by atomic mass is 9.76. The van der Waals surface area contributed by atoms with Gasteiger partial charge in [0.15, 0.2) is 0 Å². The van der Waals surface area contributed by atoms with Crippen LogP contribution in [0.2, 0.25) is 0 Å². The van der Waals surface area contributed by atoms with E-state index < -0.39 is 0 Å². The first-order valence-electron chi connectivity index (χ1n) is 8.50. The first-order chi connectivity index (χ1) is 9.02. The van der Waals surface area contributed by atoms with Gasteiger partial charge in [0, 0.05) is 12.1 Å². The Hall–Kier alpha value is -0.0800. The van der Waals surface area contributed by atoms with E-state index in [4.69, 9.17) is 0 Å². The fourth-order valence-electron chi connectivity index (χ4n) is 3.98. The highest BCUT2D eigenvalue weighted by molar-refractivity contribution is 4.91. The van der Waals surface area contributed by atoms with Crippen LogP contribution in [0.25, 0.3) is 0 Å². The Kier molecular flexibility index (Phi) is 5.30. The summed E-state index contributed by atoms with van der Waals surface area (Å²) >= 11 is 0. The molecule has 1 heterocycles. The van der Waals surface area contributed by atoms with Gasteiger partial charge in [-0.15, -0.1) is 0 Å². The van der Waals surface area contributed by atoms with Crippen molar-refractivity contribution in [1.29, 1.82) is 0 Å². The van der Waals surface area contributed by atoms with Crippen LogP contribution in [-0.2, 0) is 0 Å². The van der Waals surface area contributed by atoms with E-state index in [2.05, 4.69) is 37.9 Å². The van der Waals surface area contributed by atoms with Gasteiger partial charge in [0.1, 0.15) is 0 Å². The topological polar surface area (TPSA) is 15.3 Å². The molecular weight excluding hydrogens is 232 g/mol. The van der Waals surface area contributed by atoms with Gasteiger partial charge < -0.3 is 10.2 Å². The molecule has 2 heteroatoms. The Morgan fingerprint density at radius 2 is 1.53 bits per heavy atom. The summed E-state index contributed by atoms with van der Waals surface area (Å²) in [5.41, 5.74) is 0.760. The molecule has 0 aromatic heterocycles. The molecule has 19 heavy (non-hydrogen) atoms. The maximum atomic E-state index is 3.59.